The van der Waals surface area contributed by atoms with Crippen LogP contribution in [0.2, 0.25) is 0 Å². The van der Waals surface area contributed by atoms with Gasteiger partial charge in [-0.05, 0) is 55.3 Å². The first-order chi connectivity index (χ1) is 15.0. The van der Waals surface area contributed by atoms with Gasteiger partial charge >= 0.3 is 6.18 Å². The van der Waals surface area contributed by atoms with Gasteiger partial charge in [0.2, 0.25) is 0 Å². The summed E-state index contributed by atoms with van der Waals surface area (Å²) in [5.41, 5.74) is 2.65. The molecule has 1 amide bonds. The molecule has 1 aromatic heterocycles. The third-order valence-electron chi connectivity index (χ3n) is 6.02. The van der Waals surface area contributed by atoms with E-state index in [2.05, 4.69) is 49.3 Å². The maximum absolute atomic E-state index is 13.0. The van der Waals surface area contributed by atoms with E-state index in [0.29, 0.717) is 13.1 Å². The van der Waals surface area contributed by atoms with E-state index in [1.807, 2.05) is 6.07 Å². The summed E-state index contributed by atoms with van der Waals surface area (Å²) >= 11 is 0. The fourth-order valence-electron chi connectivity index (χ4n) is 4.10. The Balaban J connectivity index is 1.38. The molecule has 1 aliphatic rings. The summed E-state index contributed by atoms with van der Waals surface area (Å²) in [5, 5.41) is 4.70. The van der Waals surface area contributed by atoms with Crippen molar-refractivity contribution in [2.24, 2.45) is 0 Å². The minimum absolute atomic E-state index is 0.0472. The normalized spacial score (nSPS) is 15.9. The van der Waals surface area contributed by atoms with Crippen LogP contribution in [0, 0.1) is 0 Å². The molecule has 1 fully saturated rings. The number of anilines is 1. The fourth-order valence-corrected chi connectivity index (χ4v) is 4.10. The molecule has 4 nitrogen and oxygen atoms in total. The van der Waals surface area contributed by atoms with Crippen molar-refractivity contribution in [2.75, 3.05) is 18.4 Å². The van der Waals surface area contributed by atoms with Crippen LogP contribution in [0.1, 0.15) is 55.2 Å². The standard InChI is InChI=1S/C25H28F3N3O/c1-24(2,3)22-15-17-14-20(7-8-21(17)30-22)29-19-9-11-31(12-10-19)23(32)16-5-4-6-18(13-16)25(26,27)28/h4-8,13-15,19,29-30H,9-12H2,1-3H3. The highest BCUT2D eigenvalue weighted by molar-refractivity contribution is 5.94. The molecule has 0 saturated carbocycles. The fraction of sp³-hybridized carbons (Fsp3) is 0.400. The molecule has 2 aromatic carbocycles. The molecule has 0 aliphatic carbocycles. The Morgan fingerprint density at radius 3 is 2.41 bits per heavy atom. The number of hydrogen-bond donors (Lipinski definition) is 2. The van der Waals surface area contributed by atoms with Crippen molar-refractivity contribution < 1.29 is 18.0 Å². The Hall–Kier alpha value is -2.96. The van der Waals surface area contributed by atoms with Crippen LogP contribution in [0.5, 0.6) is 0 Å². The van der Waals surface area contributed by atoms with Gasteiger partial charge in [0, 0.05) is 52.4 Å². The number of carbonyl (C=O) groups excluding carboxylic acids is 1. The SMILES string of the molecule is CC(C)(C)c1cc2cc(NC3CCN(C(=O)c4cccc(C(F)(F)F)c4)CC3)ccc2[nH]1. The minimum Gasteiger partial charge on any atom is -0.382 e. The molecule has 0 radical (unpaired) electrons. The summed E-state index contributed by atoms with van der Waals surface area (Å²) in [6, 6.07) is 13.3. The Labute approximate surface area is 185 Å². The summed E-state index contributed by atoms with van der Waals surface area (Å²) in [7, 11) is 0. The lowest BCUT2D eigenvalue weighted by Crippen LogP contribution is -2.42. The number of piperidine rings is 1. The van der Waals surface area contributed by atoms with E-state index < -0.39 is 11.7 Å². The van der Waals surface area contributed by atoms with E-state index in [1.165, 1.54) is 17.8 Å². The van der Waals surface area contributed by atoms with Crippen molar-refractivity contribution in [1.29, 1.82) is 0 Å². The van der Waals surface area contributed by atoms with Gasteiger partial charge in [-0.1, -0.05) is 26.8 Å². The smallest absolute Gasteiger partial charge is 0.382 e. The number of carbonyl (C=O) groups is 1. The van der Waals surface area contributed by atoms with Crippen molar-refractivity contribution in [3.63, 3.8) is 0 Å². The van der Waals surface area contributed by atoms with Gasteiger partial charge in [0.1, 0.15) is 0 Å². The molecule has 32 heavy (non-hydrogen) atoms. The van der Waals surface area contributed by atoms with Crippen LogP contribution in [0.3, 0.4) is 0 Å². The lowest BCUT2D eigenvalue weighted by atomic mass is 9.92. The molecule has 170 valence electrons. The van der Waals surface area contributed by atoms with E-state index in [-0.39, 0.29) is 22.9 Å². The summed E-state index contributed by atoms with van der Waals surface area (Å²) in [6.45, 7) is 7.53. The third kappa shape index (κ3) is 4.76. The monoisotopic (exact) mass is 443 g/mol. The average Bonchev–Trinajstić information content (AvgIpc) is 3.17. The highest BCUT2D eigenvalue weighted by Gasteiger charge is 2.32. The summed E-state index contributed by atoms with van der Waals surface area (Å²) < 4.78 is 38.9. The Bertz CT molecular complexity index is 1120. The van der Waals surface area contributed by atoms with Crippen molar-refractivity contribution in [2.45, 2.75) is 51.2 Å². The quantitative estimate of drug-likeness (QED) is 0.506. The number of benzene rings is 2. The Morgan fingerprint density at radius 1 is 1.03 bits per heavy atom. The van der Waals surface area contributed by atoms with Crippen molar-refractivity contribution in [3.05, 3.63) is 65.4 Å². The lowest BCUT2D eigenvalue weighted by molar-refractivity contribution is -0.137. The van der Waals surface area contributed by atoms with E-state index in [1.54, 1.807) is 4.90 Å². The maximum atomic E-state index is 13.0. The van der Waals surface area contributed by atoms with Gasteiger partial charge in [0.25, 0.3) is 5.91 Å². The number of amides is 1. The summed E-state index contributed by atoms with van der Waals surface area (Å²) in [5.74, 6) is -0.349. The molecule has 1 aliphatic heterocycles. The number of fused-ring (bicyclic) bond motifs is 1. The average molecular weight is 444 g/mol. The molecule has 0 bridgehead atoms. The predicted molar refractivity (Wildman–Crippen MR) is 121 cm³/mol. The van der Waals surface area contributed by atoms with Crippen molar-refractivity contribution in [3.8, 4) is 0 Å². The zero-order chi connectivity index (χ0) is 23.1. The van der Waals surface area contributed by atoms with Gasteiger partial charge in [0.05, 0.1) is 5.56 Å². The number of aromatic amines is 1. The van der Waals surface area contributed by atoms with Gasteiger partial charge < -0.3 is 15.2 Å². The van der Waals surface area contributed by atoms with Crippen LogP contribution < -0.4 is 5.32 Å². The number of aromatic nitrogens is 1. The molecule has 2 N–H and O–H groups in total. The topological polar surface area (TPSA) is 48.1 Å². The molecule has 0 spiro atoms. The number of H-pyrrole nitrogens is 1. The van der Waals surface area contributed by atoms with Crippen LogP contribution in [-0.2, 0) is 11.6 Å². The van der Waals surface area contributed by atoms with E-state index in [0.717, 1.165) is 41.6 Å². The maximum Gasteiger partial charge on any atom is 0.416 e. The van der Waals surface area contributed by atoms with Gasteiger partial charge in [-0.2, -0.15) is 13.2 Å². The molecule has 7 heteroatoms. The first-order valence-electron chi connectivity index (χ1n) is 10.9. The summed E-state index contributed by atoms with van der Waals surface area (Å²) in [6.07, 6.45) is -2.98. The summed E-state index contributed by atoms with van der Waals surface area (Å²) in [4.78, 5) is 17.8. The molecule has 2 heterocycles. The molecular formula is C25H28F3N3O. The van der Waals surface area contributed by atoms with Crippen LogP contribution in [0.15, 0.2) is 48.5 Å². The first kappa shape index (κ1) is 22.2. The predicted octanol–water partition coefficient (Wildman–Crippen LogP) is 6.20. The van der Waals surface area contributed by atoms with Crippen molar-refractivity contribution >= 4 is 22.5 Å². The van der Waals surface area contributed by atoms with Crippen molar-refractivity contribution in [1.82, 2.24) is 9.88 Å². The van der Waals surface area contributed by atoms with Crippen LogP contribution >= 0.6 is 0 Å². The molecule has 0 unspecified atom stereocenters. The molecular weight excluding hydrogens is 415 g/mol. The third-order valence-corrected chi connectivity index (χ3v) is 6.02. The van der Waals surface area contributed by atoms with Crippen LogP contribution in [-0.4, -0.2) is 34.9 Å². The highest BCUT2D eigenvalue weighted by atomic mass is 19.4. The molecule has 0 atom stereocenters. The minimum atomic E-state index is -4.46. The number of nitrogens with one attached hydrogen (secondary N) is 2. The second-order valence-electron chi connectivity index (χ2n) is 9.52. The zero-order valence-corrected chi connectivity index (χ0v) is 18.5. The largest absolute Gasteiger partial charge is 0.416 e. The highest BCUT2D eigenvalue weighted by Crippen LogP contribution is 2.31. The van der Waals surface area contributed by atoms with E-state index in [4.69, 9.17) is 0 Å². The van der Waals surface area contributed by atoms with Gasteiger partial charge in [-0.25, -0.2) is 0 Å². The van der Waals surface area contributed by atoms with Crippen LogP contribution in [0.4, 0.5) is 18.9 Å². The first-order valence-corrected chi connectivity index (χ1v) is 10.9. The lowest BCUT2D eigenvalue weighted by Gasteiger charge is -2.33. The molecule has 4 rings (SSSR count). The number of nitrogens with zero attached hydrogens (tertiary/aromatic N) is 1. The number of likely N-dealkylation sites (tertiary alicyclic amines) is 1. The second-order valence-corrected chi connectivity index (χ2v) is 9.52. The molecule has 3 aromatic rings. The Morgan fingerprint density at radius 2 is 1.75 bits per heavy atom. The zero-order valence-electron chi connectivity index (χ0n) is 18.5. The van der Waals surface area contributed by atoms with Crippen LogP contribution in [0.25, 0.3) is 10.9 Å². The number of halogens is 3. The van der Waals surface area contributed by atoms with Gasteiger partial charge in [-0.15, -0.1) is 0 Å². The second kappa shape index (κ2) is 8.19. The van der Waals surface area contributed by atoms with E-state index >= 15 is 0 Å². The number of hydrogen-bond acceptors (Lipinski definition) is 2. The molecule has 1 saturated heterocycles. The van der Waals surface area contributed by atoms with Gasteiger partial charge in [-0.3, -0.25) is 4.79 Å². The Kier molecular flexibility index (Phi) is 5.69. The van der Waals surface area contributed by atoms with E-state index in [9.17, 15) is 18.0 Å². The number of alkyl halides is 3. The van der Waals surface area contributed by atoms with Gasteiger partial charge in [0.15, 0.2) is 0 Å². The number of rotatable bonds is 3.